The number of aromatic hydroxyl groups is 1. The van der Waals surface area contributed by atoms with Gasteiger partial charge in [0.15, 0.2) is 11.6 Å². The molecule has 2 aromatic rings. The fourth-order valence-electron chi connectivity index (χ4n) is 1.89. The predicted octanol–water partition coefficient (Wildman–Crippen LogP) is 3.06. The van der Waals surface area contributed by atoms with Gasteiger partial charge >= 0.3 is 0 Å². The molecule has 0 aliphatic rings. The normalized spacial score (nSPS) is 11.1. The number of nitrogens with zero attached hydrogens (tertiary/aromatic N) is 1. The second kappa shape index (κ2) is 4.13. The van der Waals surface area contributed by atoms with Gasteiger partial charge in [-0.1, -0.05) is 31.1 Å². The first-order valence-electron chi connectivity index (χ1n) is 5.55. The van der Waals surface area contributed by atoms with E-state index in [1.54, 1.807) is 6.07 Å². The summed E-state index contributed by atoms with van der Waals surface area (Å²) in [5, 5.41) is 13.9. The van der Waals surface area contributed by atoms with E-state index in [-0.39, 0.29) is 11.7 Å². The molecule has 4 nitrogen and oxygen atoms in total. The van der Waals surface area contributed by atoms with Crippen LogP contribution in [0.15, 0.2) is 22.7 Å². The molecule has 17 heavy (non-hydrogen) atoms. The molecule has 0 fully saturated rings. The van der Waals surface area contributed by atoms with E-state index in [9.17, 15) is 5.11 Å². The van der Waals surface area contributed by atoms with Crippen LogP contribution in [-0.4, -0.2) is 10.3 Å². The Morgan fingerprint density at radius 1 is 1.35 bits per heavy atom. The summed E-state index contributed by atoms with van der Waals surface area (Å²) in [4.78, 5) is 0. The molecule has 3 N–H and O–H groups in total. The van der Waals surface area contributed by atoms with Crippen molar-refractivity contribution in [3.8, 4) is 17.1 Å². The van der Waals surface area contributed by atoms with E-state index in [1.807, 2.05) is 32.9 Å². The van der Waals surface area contributed by atoms with E-state index in [0.29, 0.717) is 17.1 Å². The topological polar surface area (TPSA) is 72.3 Å². The third kappa shape index (κ3) is 1.98. The molecule has 1 heterocycles. The van der Waals surface area contributed by atoms with Gasteiger partial charge < -0.3 is 15.4 Å². The van der Waals surface area contributed by atoms with Crippen molar-refractivity contribution in [2.45, 2.75) is 26.7 Å². The molecule has 0 aliphatic heterocycles. The van der Waals surface area contributed by atoms with Crippen molar-refractivity contribution in [2.24, 2.45) is 0 Å². The minimum absolute atomic E-state index is 0.245. The van der Waals surface area contributed by atoms with Gasteiger partial charge in [-0.05, 0) is 24.0 Å². The van der Waals surface area contributed by atoms with Gasteiger partial charge in [0.1, 0.15) is 5.75 Å². The number of nitrogens with two attached hydrogens (primary N) is 1. The van der Waals surface area contributed by atoms with Gasteiger partial charge in [0.05, 0.1) is 5.56 Å². The molecule has 0 saturated carbocycles. The van der Waals surface area contributed by atoms with Gasteiger partial charge in [-0.2, -0.15) is 0 Å². The minimum Gasteiger partial charge on any atom is -0.507 e. The maximum atomic E-state index is 10.3. The molecule has 0 spiro atoms. The summed E-state index contributed by atoms with van der Waals surface area (Å²) < 4.78 is 5.11. The smallest absolute Gasteiger partial charge is 0.173 e. The highest BCUT2D eigenvalue weighted by molar-refractivity contribution is 5.72. The standard InChI is InChI=1S/C13H16N2O2/c1-7(2)9-5-4-8(3)12(13(9)16)10-6-11(14)15-17-10/h4-7,16H,1-3H3,(H2,14,15). The van der Waals surface area contributed by atoms with Crippen LogP contribution in [0.1, 0.15) is 30.9 Å². The lowest BCUT2D eigenvalue weighted by molar-refractivity contribution is 0.427. The zero-order valence-corrected chi connectivity index (χ0v) is 10.2. The van der Waals surface area contributed by atoms with Crippen LogP contribution < -0.4 is 5.73 Å². The number of phenolic OH excluding ortho intramolecular Hbond substituents is 1. The molecule has 0 amide bonds. The molecule has 0 saturated heterocycles. The minimum atomic E-state index is 0.245. The first-order valence-corrected chi connectivity index (χ1v) is 5.55. The molecular weight excluding hydrogens is 216 g/mol. The molecular formula is C13H16N2O2. The SMILES string of the molecule is Cc1ccc(C(C)C)c(O)c1-c1cc(N)no1. The second-order valence-corrected chi connectivity index (χ2v) is 4.47. The van der Waals surface area contributed by atoms with E-state index in [2.05, 4.69) is 5.16 Å². The molecule has 0 bridgehead atoms. The van der Waals surface area contributed by atoms with Crippen LogP contribution in [0.4, 0.5) is 5.82 Å². The number of hydrogen-bond acceptors (Lipinski definition) is 4. The Balaban J connectivity index is 2.64. The van der Waals surface area contributed by atoms with Gasteiger partial charge in [-0.3, -0.25) is 0 Å². The van der Waals surface area contributed by atoms with E-state index in [4.69, 9.17) is 10.3 Å². The average molecular weight is 232 g/mol. The molecule has 2 rings (SSSR count). The van der Waals surface area contributed by atoms with Crippen molar-refractivity contribution < 1.29 is 9.63 Å². The van der Waals surface area contributed by atoms with Crippen molar-refractivity contribution in [3.05, 3.63) is 29.3 Å². The maximum Gasteiger partial charge on any atom is 0.173 e. The highest BCUT2D eigenvalue weighted by Crippen LogP contribution is 2.38. The van der Waals surface area contributed by atoms with E-state index in [0.717, 1.165) is 11.1 Å². The number of anilines is 1. The lowest BCUT2D eigenvalue weighted by atomic mass is 9.95. The molecule has 90 valence electrons. The first-order chi connectivity index (χ1) is 8.00. The van der Waals surface area contributed by atoms with Gasteiger partial charge in [0.2, 0.25) is 0 Å². The van der Waals surface area contributed by atoms with E-state index < -0.39 is 0 Å². The summed E-state index contributed by atoms with van der Waals surface area (Å²) in [6, 6.07) is 5.51. The molecule has 1 aromatic heterocycles. The Hall–Kier alpha value is -1.97. The highest BCUT2D eigenvalue weighted by atomic mass is 16.5. The Kier molecular flexibility index (Phi) is 2.79. The molecule has 0 unspecified atom stereocenters. The molecule has 1 aromatic carbocycles. The third-order valence-corrected chi connectivity index (χ3v) is 2.81. The van der Waals surface area contributed by atoms with Crippen molar-refractivity contribution in [1.82, 2.24) is 5.16 Å². The van der Waals surface area contributed by atoms with Crippen LogP contribution in [0.2, 0.25) is 0 Å². The van der Waals surface area contributed by atoms with Crippen LogP contribution in [-0.2, 0) is 0 Å². The largest absolute Gasteiger partial charge is 0.507 e. The lowest BCUT2D eigenvalue weighted by Gasteiger charge is -2.12. The fourth-order valence-corrected chi connectivity index (χ4v) is 1.89. The number of nitrogen functional groups attached to an aromatic ring is 1. The molecule has 0 atom stereocenters. The highest BCUT2D eigenvalue weighted by Gasteiger charge is 2.17. The number of aryl methyl sites for hydroxylation is 1. The third-order valence-electron chi connectivity index (χ3n) is 2.81. The second-order valence-electron chi connectivity index (χ2n) is 4.47. The number of rotatable bonds is 2. The lowest BCUT2D eigenvalue weighted by Crippen LogP contribution is -1.92. The summed E-state index contributed by atoms with van der Waals surface area (Å²) in [6.07, 6.45) is 0. The Morgan fingerprint density at radius 2 is 2.06 bits per heavy atom. The quantitative estimate of drug-likeness (QED) is 0.834. The van der Waals surface area contributed by atoms with E-state index >= 15 is 0 Å². The number of hydrogen-bond donors (Lipinski definition) is 2. The summed E-state index contributed by atoms with van der Waals surface area (Å²) in [7, 11) is 0. The van der Waals surface area contributed by atoms with Crippen molar-refractivity contribution in [1.29, 1.82) is 0 Å². The molecule has 4 heteroatoms. The van der Waals surface area contributed by atoms with E-state index in [1.165, 1.54) is 0 Å². The molecule has 0 aliphatic carbocycles. The van der Waals surface area contributed by atoms with Gasteiger partial charge in [-0.25, -0.2) is 0 Å². The maximum absolute atomic E-state index is 10.3. The monoisotopic (exact) mass is 232 g/mol. The number of phenols is 1. The predicted molar refractivity (Wildman–Crippen MR) is 66.8 cm³/mol. The zero-order valence-electron chi connectivity index (χ0n) is 10.2. The van der Waals surface area contributed by atoms with Crippen LogP contribution in [0, 0.1) is 6.92 Å². The fraction of sp³-hybridized carbons (Fsp3) is 0.308. The van der Waals surface area contributed by atoms with Crippen molar-refractivity contribution in [2.75, 3.05) is 5.73 Å². The number of benzene rings is 1. The first kappa shape index (κ1) is 11.5. The summed E-state index contributed by atoms with van der Waals surface area (Å²) in [5.74, 6) is 1.31. The van der Waals surface area contributed by atoms with Crippen molar-refractivity contribution >= 4 is 5.82 Å². The average Bonchev–Trinajstić information content (AvgIpc) is 2.64. The zero-order chi connectivity index (χ0) is 12.6. The van der Waals surface area contributed by atoms with Gasteiger partial charge in [0.25, 0.3) is 0 Å². The summed E-state index contributed by atoms with van der Waals surface area (Å²) in [5.41, 5.74) is 8.02. The Labute approximate surface area is 100 Å². The van der Waals surface area contributed by atoms with Crippen LogP contribution in [0.5, 0.6) is 5.75 Å². The van der Waals surface area contributed by atoms with Crippen molar-refractivity contribution in [3.63, 3.8) is 0 Å². The van der Waals surface area contributed by atoms with Crippen LogP contribution >= 0.6 is 0 Å². The Morgan fingerprint density at radius 3 is 2.59 bits per heavy atom. The van der Waals surface area contributed by atoms with Crippen LogP contribution in [0.3, 0.4) is 0 Å². The Bertz CT molecular complexity index is 544. The molecule has 0 radical (unpaired) electrons. The summed E-state index contributed by atoms with van der Waals surface area (Å²) >= 11 is 0. The van der Waals surface area contributed by atoms with Gasteiger partial charge in [0, 0.05) is 6.07 Å². The summed E-state index contributed by atoms with van der Waals surface area (Å²) in [6.45, 7) is 5.98. The van der Waals surface area contributed by atoms with Gasteiger partial charge in [-0.15, -0.1) is 0 Å². The number of aromatic nitrogens is 1. The van der Waals surface area contributed by atoms with Crippen LogP contribution in [0.25, 0.3) is 11.3 Å².